The lowest BCUT2D eigenvalue weighted by Crippen LogP contribution is -2.30. The monoisotopic (exact) mass is 282 g/mol. The van der Waals surface area contributed by atoms with Crippen molar-refractivity contribution >= 4 is 11.8 Å². The summed E-state index contributed by atoms with van der Waals surface area (Å²) in [5, 5.41) is 0. The molecule has 0 bridgehead atoms. The average molecular weight is 282 g/mol. The van der Waals surface area contributed by atoms with Gasteiger partial charge < -0.3 is 9.80 Å². The molecule has 3 rings (SSSR count). The molecule has 0 amide bonds. The van der Waals surface area contributed by atoms with Gasteiger partial charge in [0.25, 0.3) is 0 Å². The van der Waals surface area contributed by atoms with Crippen molar-refractivity contribution in [3.05, 3.63) is 48.2 Å². The fourth-order valence-corrected chi connectivity index (χ4v) is 2.75. The van der Waals surface area contributed by atoms with Gasteiger partial charge in [0.1, 0.15) is 5.82 Å². The molecule has 1 fully saturated rings. The van der Waals surface area contributed by atoms with Gasteiger partial charge in [-0.15, -0.1) is 0 Å². The molecule has 2 aromatic rings. The number of aromatic nitrogens is 2. The van der Waals surface area contributed by atoms with Gasteiger partial charge in [0, 0.05) is 32.9 Å². The predicted molar refractivity (Wildman–Crippen MR) is 86.6 cm³/mol. The summed E-state index contributed by atoms with van der Waals surface area (Å²) in [5.41, 5.74) is 1.27. The molecule has 0 aliphatic carbocycles. The van der Waals surface area contributed by atoms with Crippen LogP contribution in [0.4, 0.5) is 11.8 Å². The van der Waals surface area contributed by atoms with Gasteiger partial charge in [0.2, 0.25) is 5.95 Å². The summed E-state index contributed by atoms with van der Waals surface area (Å²) < 4.78 is 0. The molecule has 0 atom stereocenters. The molecular formula is C17H22N4. The number of hydrogen-bond acceptors (Lipinski definition) is 4. The number of rotatable bonds is 4. The quantitative estimate of drug-likeness (QED) is 0.862. The Balaban J connectivity index is 1.72. The van der Waals surface area contributed by atoms with E-state index in [2.05, 4.69) is 39.0 Å². The number of piperidine rings is 1. The molecule has 4 heteroatoms. The largest absolute Gasteiger partial charge is 0.356 e. The molecule has 0 saturated carbocycles. The van der Waals surface area contributed by atoms with Crippen molar-refractivity contribution in [1.82, 2.24) is 9.97 Å². The molecule has 1 aliphatic heterocycles. The van der Waals surface area contributed by atoms with Crippen molar-refractivity contribution in [3.63, 3.8) is 0 Å². The molecule has 0 spiro atoms. The van der Waals surface area contributed by atoms with E-state index in [-0.39, 0.29) is 0 Å². The maximum atomic E-state index is 4.73. The third-order valence-electron chi connectivity index (χ3n) is 3.91. The van der Waals surface area contributed by atoms with E-state index >= 15 is 0 Å². The highest BCUT2D eigenvalue weighted by Crippen LogP contribution is 2.19. The van der Waals surface area contributed by atoms with E-state index in [4.69, 9.17) is 4.98 Å². The van der Waals surface area contributed by atoms with E-state index in [1.807, 2.05) is 25.4 Å². The molecular weight excluding hydrogens is 260 g/mol. The standard InChI is InChI=1S/C17H22N4/c1-20(14-15-8-4-2-5-9-15)17-18-11-10-16(19-17)21-12-6-3-7-13-21/h2,4-5,8-11H,3,6-7,12-14H2,1H3. The lowest BCUT2D eigenvalue weighted by atomic mass is 10.1. The number of benzene rings is 1. The Bertz CT molecular complexity index is 564. The van der Waals surface area contributed by atoms with Gasteiger partial charge in [-0.2, -0.15) is 4.98 Å². The van der Waals surface area contributed by atoms with E-state index < -0.39 is 0 Å². The first-order valence-electron chi connectivity index (χ1n) is 7.66. The van der Waals surface area contributed by atoms with Crippen LogP contribution in [0.25, 0.3) is 0 Å². The van der Waals surface area contributed by atoms with Gasteiger partial charge in [-0.3, -0.25) is 0 Å². The summed E-state index contributed by atoms with van der Waals surface area (Å²) in [6.07, 6.45) is 5.73. The highest BCUT2D eigenvalue weighted by molar-refractivity contribution is 5.44. The summed E-state index contributed by atoms with van der Waals surface area (Å²) in [6.45, 7) is 3.04. The van der Waals surface area contributed by atoms with Crippen molar-refractivity contribution in [1.29, 1.82) is 0 Å². The summed E-state index contributed by atoms with van der Waals surface area (Å²) in [4.78, 5) is 13.6. The van der Waals surface area contributed by atoms with Crippen molar-refractivity contribution in [2.75, 3.05) is 29.9 Å². The number of nitrogens with zero attached hydrogens (tertiary/aromatic N) is 4. The number of anilines is 2. The molecule has 1 aliphatic rings. The fraction of sp³-hybridized carbons (Fsp3) is 0.412. The molecule has 1 saturated heterocycles. The topological polar surface area (TPSA) is 32.3 Å². The molecule has 2 heterocycles. The van der Waals surface area contributed by atoms with E-state index in [0.717, 1.165) is 31.4 Å². The minimum absolute atomic E-state index is 0.793. The van der Waals surface area contributed by atoms with Crippen LogP contribution in [-0.2, 0) is 6.54 Å². The van der Waals surface area contributed by atoms with Gasteiger partial charge in [-0.05, 0) is 30.9 Å². The van der Waals surface area contributed by atoms with Crippen LogP contribution in [0.1, 0.15) is 24.8 Å². The normalized spacial score (nSPS) is 15.0. The van der Waals surface area contributed by atoms with Crippen LogP contribution >= 0.6 is 0 Å². The van der Waals surface area contributed by atoms with Gasteiger partial charge in [-0.1, -0.05) is 30.3 Å². The first-order chi connectivity index (χ1) is 10.3. The van der Waals surface area contributed by atoms with Crippen molar-refractivity contribution in [2.45, 2.75) is 25.8 Å². The Morgan fingerprint density at radius 3 is 2.57 bits per heavy atom. The molecule has 0 unspecified atom stereocenters. The Kier molecular flexibility index (Phi) is 4.34. The fourth-order valence-electron chi connectivity index (χ4n) is 2.75. The Labute approximate surface area is 126 Å². The second-order valence-corrected chi connectivity index (χ2v) is 5.60. The summed E-state index contributed by atoms with van der Waals surface area (Å²) >= 11 is 0. The summed E-state index contributed by atoms with van der Waals surface area (Å²) in [7, 11) is 2.04. The predicted octanol–water partition coefficient (Wildman–Crippen LogP) is 3.10. The average Bonchev–Trinajstić information content (AvgIpc) is 2.57. The summed E-state index contributed by atoms with van der Waals surface area (Å²) in [5.74, 6) is 1.85. The third-order valence-corrected chi connectivity index (χ3v) is 3.91. The van der Waals surface area contributed by atoms with Crippen LogP contribution in [0.2, 0.25) is 0 Å². The molecule has 1 aromatic carbocycles. The zero-order chi connectivity index (χ0) is 14.5. The van der Waals surface area contributed by atoms with Gasteiger partial charge >= 0.3 is 0 Å². The van der Waals surface area contributed by atoms with Crippen LogP contribution in [0.15, 0.2) is 42.6 Å². The smallest absolute Gasteiger partial charge is 0.227 e. The zero-order valence-corrected chi connectivity index (χ0v) is 12.6. The van der Waals surface area contributed by atoms with Crippen LogP contribution in [0.3, 0.4) is 0 Å². The molecule has 0 N–H and O–H groups in total. The SMILES string of the molecule is CN(Cc1ccccc1)c1nccc(N2CCCCC2)n1. The minimum atomic E-state index is 0.793. The molecule has 0 radical (unpaired) electrons. The molecule has 110 valence electrons. The highest BCUT2D eigenvalue weighted by Gasteiger charge is 2.14. The molecule has 4 nitrogen and oxygen atoms in total. The molecule has 21 heavy (non-hydrogen) atoms. The van der Waals surface area contributed by atoms with Crippen LogP contribution in [-0.4, -0.2) is 30.1 Å². The Hall–Kier alpha value is -2.10. The first-order valence-corrected chi connectivity index (χ1v) is 7.66. The van der Waals surface area contributed by atoms with Crippen LogP contribution in [0, 0.1) is 0 Å². The first kappa shape index (κ1) is 13.9. The second-order valence-electron chi connectivity index (χ2n) is 5.60. The second kappa shape index (κ2) is 6.57. The Morgan fingerprint density at radius 2 is 1.81 bits per heavy atom. The summed E-state index contributed by atoms with van der Waals surface area (Å²) in [6, 6.07) is 12.4. The lowest BCUT2D eigenvalue weighted by molar-refractivity contribution is 0.573. The van der Waals surface area contributed by atoms with E-state index in [1.165, 1.54) is 24.8 Å². The van der Waals surface area contributed by atoms with Crippen molar-refractivity contribution in [3.8, 4) is 0 Å². The number of hydrogen-bond donors (Lipinski definition) is 0. The maximum Gasteiger partial charge on any atom is 0.227 e. The van der Waals surface area contributed by atoms with E-state index in [9.17, 15) is 0 Å². The zero-order valence-electron chi connectivity index (χ0n) is 12.6. The van der Waals surface area contributed by atoms with Gasteiger partial charge in [-0.25, -0.2) is 4.98 Å². The van der Waals surface area contributed by atoms with Crippen LogP contribution in [0.5, 0.6) is 0 Å². The lowest BCUT2D eigenvalue weighted by Gasteiger charge is -2.28. The molecule has 1 aromatic heterocycles. The third kappa shape index (κ3) is 3.51. The van der Waals surface area contributed by atoms with Gasteiger partial charge in [0.05, 0.1) is 0 Å². The van der Waals surface area contributed by atoms with Crippen molar-refractivity contribution in [2.24, 2.45) is 0 Å². The highest BCUT2D eigenvalue weighted by atomic mass is 15.3. The van der Waals surface area contributed by atoms with E-state index in [0.29, 0.717) is 0 Å². The Morgan fingerprint density at radius 1 is 1.05 bits per heavy atom. The van der Waals surface area contributed by atoms with Gasteiger partial charge in [0.15, 0.2) is 0 Å². The minimum Gasteiger partial charge on any atom is -0.356 e. The van der Waals surface area contributed by atoms with Crippen LogP contribution < -0.4 is 9.80 Å². The maximum absolute atomic E-state index is 4.73. The van der Waals surface area contributed by atoms with E-state index in [1.54, 1.807) is 0 Å². The van der Waals surface area contributed by atoms with Crippen molar-refractivity contribution < 1.29 is 0 Å².